The van der Waals surface area contributed by atoms with Crippen molar-refractivity contribution in [3.8, 4) is 0 Å². The lowest BCUT2D eigenvalue weighted by atomic mass is 9.94. The predicted octanol–water partition coefficient (Wildman–Crippen LogP) is 2.57. The zero-order valence-corrected chi connectivity index (χ0v) is 13.5. The van der Waals surface area contributed by atoms with Gasteiger partial charge >= 0.3 is 0 Å². The van der Waals surface area contributed by atoms with Crippen molar-refractivity contribution in [2.45, 2.75) is 49.9 Å². The molecule has 1 rings (SSSR count). The number of nitrogens with two attached hydrogens (primary N) is 1. The largest absolute Gasteiger partial charge is 0.368 e. The van der Waals surface area contributed by atoms with Gasteiger partial charge in [0.1, 0.15) is 4.34 Å². The average molecular weight is 301 g/mol. The zero-order chi connectivity index (χ0) is 14.3. The second kappa shape index (κ2) is 7.87. The molecule has 0 fully saturated rings. The minimum Gasteiger partial charge on any atom is -0.368 e. The number of primary amides is 1. The minimum atomic E-state index is -0.572. The highest BCUT2D eigenvalue weighted by Gasteiger charge is 2.28. The number of nitrogens with zero attached hydrogens (tertiary/aromatic N) is 1. The zero-order valence-electron chi connectivity index (χ0n) is 11.9. The molecule has 6 heteroatoms. The van der Waals surface area contributed by atoms with E-state index in [0.717, 1.165) is 41.6 Å². The summed E-state index contributed by atoms with van der Waals surface area (Å²) in [7, 11) is 0. The molecule has 0 radical (unpaired) electrons. The van der Waals surface area contributed by atoms with Crippen LogP contribution in [0.5, 0.6) is 0 Å². The van der Waals surface area contributed by atoms with Crippen molar-refractivity contribution < 1.29 is 4.79 Å². The molecular weight excluding hydrogens is 278 g/mol. The highest BCUT2D eigenvalue weighted by atomic mass is 32.2. The number of hydrogen-bond donors (Lipinski definition) is 2. The summed E-state index contributed by atoms with van der Waals surface area (Å²) < 4.78 is 1.13. The first-order valence-corrected chi connectivity index (χ1v) is 8.44. The molecule has 3 N–H and O–H groups in total. The number of rotatable bonds is 9. The number of amides is 1. The Balaban J connectivity index is 2.24. The van der Waals surface area contributed by atoms with Crippen LogP contribution in [0.1, 0.15) is 38.8 Å². The van der Waals surface area contributed by atoms with E-state index in [0.29, 0.717) is 0 Å². The number of aryl methyl sites for hydroxylation is 1. The van der Waals surface area contributed by atoms with Gasteiger partial charge in [-0.15, -0.1) is 11.3 Å². The van der Waals surface area contributed by atoms with Crippen molar-refractivity contribution >= 4 is 29.0 Å². The molecule has 0 aliphatic heterocycles. The summed E-state index contributed by atoms with van der Waals surface area (Å²) in [4.78, 5) is 15.9. The van der Waals surface area contributed by atoms with E-state index in [4.69, 9.17) is 5.73 Å². The summed E-state index contributed by atoms with van der Waals surface area (Å²) >= 11 is 3.48. The maximum atomic E-state index is 11.4. The molecule has 0 spiro atoms. The molecule has 0 aliphatic carbocycles. The number of aromatic nitrogens is 1. The standard InChI is InChI=1S/C13H23N3OS2/c1-4-15-13(3,11(14)17)7-5-6-8-18-12-16-10(2)9-19-12/h9,15H,4-8H2,1-3H3,(H2,14,17). The van der Waals surface area contributed by atoms with Gasteiger partial charge in [0, 0.05) is 16.8 Å². The van der Waals surface area contributed by atoms with Crippen molar-refractivity contribution in [3.63, 3.8) is 0 Å². The molecule has 1 aromatic rings. The average Bonchev–Trinajstić information content (AvgIpc) is 2.75. The molecule has 4 nitrogen and oxygen atoms in total. The fourth-order valence-electron chi connectivity index (χ4n) is 1.83. The highest BCUT2D eigenvalue weighted by molar-refractivity contribution is 8.00. The lowest BCUT2D eigenvalue weighted by molar-refractivity contribution is -0.124. The SMILES string of the molecule is CCNC(C)(CCCCSc1nc(C)cs1)C(N)=O. The van der Waals surface area contributed by atoms with Gasteiger partial charge < -0.3 is 11.1 Å². The van der Waals surface area contributed by atoms with E-state index in [2.05, 4.69) is 15.7 Å². The van der Waals surface area contributed by atoms with Gasteiger partial charge in [0.2, 0.25) is 5.91 Å². The topological polar surface area (TPSA) is 68.0 Å². The second-order valence-corrected chi connectivity index (χ2v) is 6.99. The summed E-state index contributed by atoms with van der Waals surface area (Å²) in [6, 6.07) is 0. The molecule has 0 saturated heterocycles. The molecule has 19 heavy (non-hydrogen) atoms. The van der Waals surface area contributed by atoms with Crippen LogP contribution in [-0.4, -0.2) is 28.7 Å². The molecule has 0 bridgehead atoms. The molecule has 0 aromatic carbocycles. The number of carbonyl (C=O) groups is 1. The van der Waals surface area contributed by atoms with Crippen LogP contribution in [0.4, 0.5) is 0 Å². The van der Waals surface area contributed by atoms with E-state index in [1.807, 2.05) is 20.8 Å². The van der Waals surface area contributed by atoms with Crippen LogP contribution in [0.3, 0.4) is 0 Å². The molecule has 1 atom stereocenters. The monoisotopic (exact) mass is 301 g/mol. The molecule has 1 amide bonds. The Morgan fingerprint density at radius 1 is 1.58 bits per heavy atom. The van der Waals surface area contributed by atoms with Gasteiger partial charge in [0.15, 0.2) is 0 Å². The third-order valence-electron chi connectivity index (χ3n) is 3.01. The first-order chi connectivity index (χ1) is 8.98. The first kappa shape index (κ1) is 16.5. The molecule has 1 aromatic heterocycles. The fourth-order valence-corrected chi connectivity index (χ4v) is 3.75. The van der Waals surface area contributed by atoms with Crippen molar-refractivity contribution in [3.05, 3.63) is 11.1 Å². The highest BCUT2D eigenvalue weighted by Crippen LogP contribution is 2.24. The van der Waals surface area contributed by atoms with E-state index in [1.165, 1.54) is 0 Å². The number of nitrogens with one attached hydrogen (secondary N) is 1. The lowest BCUT2D eigenvalue weighted by Gasteiger charge is -2.26. The Kier molecular flexibility index (Phi) is 6.82. The summed E-state index contributed by atoms with van der Waals surface area (Å²) in [6.07, 6.45) is 2.84. The molecule has 0 saturated carbocycles. The van der Waals surface area contributed by atoms with E-state index in [1.54, 1.807) is 23.1 Å². The van der Waals surface area contributed by atoms with Crippen LogP contribution in [0.2, 0.25) is 0 Å². The summed E-state index contributed by atoms with van der Waals surface area (Å²) in [6.45, 7) is 6.64. The Morgan fingerprint density at radius 3 is 2.84 bits per heavy atom. The van der Waals surface area contributed by atoms with Crippen LogP contribution in [-0.2, 0) is 4.79 Å². The molecule has 108 valence electrons. The van der Waals surface area contributed by atoms with Crippen LogP contribution >= 0.6 is 23.1 Å². The molecule has 1 unspecified atom stereocenters. The van der Waals surface area contributed by atoms with Crippen LogP contribution in [0, 0.1) is 6.92 Å². The second-order valence-electron chi connectivity index (χ2n) is 4.79. The van der Waals surface area contributed by atoms with Gasteiger partial charge in [0.25, 0.3) is 0 Å². The Labute approximate surface area is 123 Å². The van der Waals surface area contributed by atoms with E-state index >= 15 is 0 Å². The van der Waals surface area contributed by atoms with Gasteiger partial charge in [-0.2, -0.15) is 0 Å². The summed E-state index contributed by atoms with van der Waals surface area (Å²) in [5, 5.41) is 5.25. The fraction of sp³-hybridized carbons (Fsp3) is 0.692. The first-order valence-electron chi connectivity index (χ1n) is 6.58. The van der Waals surface area contributed by atoms with Gasteiger partial charge in [-0.1, -0.05) is 25.1 Å². The minimum absolute atomic E-state index is 0.266. The molecular formula is C13H23N3OS2. The quantitative estimate of drug-likeness (QED) is 0.543. The maximum absolute atomic E-state index is 11.4. The Hall–Kier alpha value is -0.590. The number of unbranched alkanes of at least 4 members (excludes halogenated alkanes) is 1. The van der Waals surface area contributed by atoms with Gasteiger partial charge in [0.05, 0.1) is 5.54 Å². The number of carbonyl (C=O) groups excluding carboxylic acids is 1. The molecule has 1 heterocycles. The third kappa shape index (κ3) is 5.50. The van der Waals surface area contributed by atoms with E-state index in [9.17, 15) is 4.79 Å². The van der Waals surface area contributed by atoms with Crippen LogP contribution in [0.25, 0.3) is 0 Å². The van der Waals surface area contributed by atoms with Gasteiger partial charge in [-0.3, -0.25) is 4.79 Å². The number of likely N-dealkylation sites (N-methyl/N-ethyl adjacent to an activating group) is 1. The number of thioether (sulfide) groups is 1. The van der Waals surface area contributed by atoms with Gasteiger partial charge in [-0.25, -0.2) is 4.98 Å². The normalized spacial score (nSPS) is 14.3. The smallest absolute Gasteiger partial charge is 0.237 e. The predicted molar refractivity (Wildman–Crippen MR) is 82.7 cm³/mol. The Morgan fingerprint density at radius 2 is 2.32 bits per heavy atom. The van der Waals surface area contributed by atoms with Crippen molar-refractivity contribution in [2.24, 2.45) is 5.73 Å². The Bertz CT molecular complexity index is 408. The molecule has 0 aliphatic rings. The van der Waals surface area contributed by atoms with Crippen molar-refractivity contribution in [1.82, 2.24) is 10.3 Å². The van der Waals surface area contributed by atoms with Crippen molar-refractivity contribution in [1.29, 1.82) is 0 Å². The number of thiazole rings is 1. The van der Waals surface area contributed by atoms with E-state index in [-0.39, 0.29) is 5.91 Å². The van der Waals surface area contributed by atoms with Crippen LogP contribution < -0.4 is 11.1 Å². The van der Waals surface area contributed by atoms with E-state index < -0.39 is 5.54 Å². The van der Waals surface area contributed by atoms with Crippen molar-refractivity contribution in [2.75, 3.05) is 12.3 Å². The van der Waals surface area contributed by atoms with Crippen LogP contribution in [0.15, 0.2) is 9.72 Å². The lowest BCUT2D eigenvalue weighted by Crippen LogP contribution is -2.52. The third-order valence-corrected chi connectivity index (χ3v) is 5.23. The maximum Gasteiger partial charge on any atom is 0.237 e. The van der Waals surface area contributed by atoms with Gasteiger partial charge in [-0.05, 0) is 33.2 Å². The summed E-state index contributed by atoms with van der Waals surface area (Å²) in [5.41, 5.74) is 5.96. The number of hydrogen-bond acceptors (Lipinski definition) is 5. The summed E-state index contributed by atoms with van der Waals surface area (Å²) in [5.74, 6) is 0.769.